The molecule has 82 valence electrons. The zero-order valence-electron chi connectivity index (χ0n) is 8.41. The fourth-order valence-electron chi connectivity index (χ4n) is 1.52. The highest BCUT2D eigenvalue weighted by Crippen LogP contribution is 2.29. The van der Waals surface area contributed by atoms with Gasteiger partial charge in [0.2, 0.25) is 11.6 Å². The molecule has 0 bridgehead atoms. The van der Waals surface area contributed by atoms with Crippen LogP contribution in [0.2, 0.25) is 0 Å². The Morgan fingerprint density at radius 1 is 1.19 bits per heavy atom. The number of nitrogens with two attached hydrogens (primary N) is 1. The van der Waals surface area contributed by atoms with E-state index in [0.717, 1.165) is 0 Å². The molecule has 0 fully saturated rings. The molecule has 1 aromatic rings. The minimum atomic E-state index is -0.343. The van der Waals surface area contributed by atoms with Crippen LogP contribution in [0.3, 0.4) is 0 Å². The second-order valence-electron chi connectivity index (χ2n) is 3.30. The molecule has 0 saturated carbocycles. The van der Waals surface area contributed by atoms with Crippen LogP contribution < -0.4 is 10.5 Å². The molecule has 16 heavy (non-hydrogen) atoms. The molecular formula is C11H8BrNO3. The average Bonchev–Trinajstić information content (AvgIpc) is 2.33. The molecule has 5 heteroatoms. The molecule has 2 N–H and O–H groups in total. The van der Waals surface area contributed by atoms with E-state index in [1.165, 1.54) is 13.2 Å². The third-order valence-electron chi connectivity index (χ3n) is 2.40. The van der Waals surface area contributed by atoms with E-state index in [1.807, 2.05) is 0 Å². The Morgan fingerprint density at radius 3 is 2.50 bits per heavy atom. The van der Waals surface area contributed by atoms with Crippen molar-refractivity contribution in [2.75, 3.05) is 7.11 Å². The summed E-state index contributed by atoms with van der Waals surface area (Å²) in [7, 11) is 1.50. The number of allylic oxidation sites excluding steroid dienone is 2. The lowest BCUT2D eigenvalue weighted by Gasteiger charge is -2.15. The van der Waals surface area contributed by atoms with Crippen LogP contribution >= 0.6 is 15.9 Å². The zero-order chi connectivity index (χ0) is 11.9. The molecule has 0 heterocycles. The van der Waals surface area contributed by atoms with E-state index in [9.17, 15) is 9.59 Å². The maximum absolute atomic E-state index is 11.8. The van der Waals surface area contributed by atoms with Gasteiger partial charge in [-0.25, -0.2) is 0 Å². The number of ketones is 2. The molecule has 1 aliphatic rings. The highest BCUT2D eigenvalue weighted by atomic mass is 79.9. The number of carbonyl (C=O) groups excluding carboxylic acids is 2. The molecule has 4 nitrogen and oxygen atoms in total. The van der Waals surface area contributed by atoms with Crippen molar-refractivity contribution < 1.29 is 14.3 Å². The van der Waals surface area contributed by atoms with Crippen LogP contribution in [0, 0.1) is 0 Å². The number of benzene rings is 1. The number of methoxy groups -OCH3 is 1. The van der Waals surface area contributed by atoms with Crippen LogP contribution in [0.25, 0.3) is 0 Å². The molecular weight excluding hydrogens is 274 g/mol. The Hall–Kier alpha value is -1.62. The maximum Gasteiger partial charge on any atom is 0.210 e. The largest absolute Gasteiger partial charge is 0.497 e. The van der Waals surface area contributed by atoms with E-state index in [2.05, 4.69) is 15.9 Å². The van der Waals surface area contributed by atoms with Crippen LogP contribution in [0.1, 0.15) is 20.7 Å². The highest BCUT2D eigenvalue weighted by molar-refractivity contribution is 9.12. The average molecular weight is 282 g/mol. The molecule has 0 radical (unpaired) electrons. The summed E-state index contributed by atoms with van der Waals surface area (Å²) in [5.74, 6) is -0.115. The first-order valence-electron chi connectivity index (χ1n) is 4.49. The lowest BCUT2D eigenvalue weighted by atomic mass is 9.93. The number of ether oxygens (including phenoxy) is 1. The van der Waals surface area contributed by atoms with Crippen molar-refractivity contribution in [3.63, 3.8) is 0 Å². The maximum atomic E-state index is 11.8. The molecule has 0 saturated heterocycles. The zero-order valence-corrected chi connectivity index (χ0v) is 10.00. The van der Waals surface area contributed by atoms with E-state index in [4.69, 9.17) is 10.5 Å². The van der Waals surface area contributed by atoms with Gasteiger partial charge < -0.3 is 10.5 Å². The normalized spacial score (nSPS) is 15.1. The van der Waals surface area contributed by atoms with Gasteiger partial charge in [0.1, 0.15) is 5.75 Å². The molecule has 1 aliphatic carbocycles. The van der Waals surface area contributed by atoms with Crippen molar-refractivity contribution in [3.8, 4) is 5.75 Å². The first-order valence-corrected chi connectivity index (χ1v) is 5.28. The fraction of sp³-hybridized carbons (Fsp3) is 0.0909. The van der Waals surface area contributed by atoms with Gasteiger partial charge in [-0.3, -0.25) is 9.59 Å². The molecule has 2 rings (SSSR count). The first-order chi connectivity index (χ1) is 7.56. The van der Waals surface area contributed by atoms with Gasteiger partial charge in [-0.1, -0.05) is 0 Å². The van der Waals surface area contributed by atoms with Gasteiger partial charge in [0.05, 0.1) is 17.3 Å². The van der Waals surface area contributed by atoms with E-state index in [1.54, 1.807) is 12.1 Å². The Kier molecular flexibility index (Phi) is 2.55. The fourth-order valence-corrected chi connectivity index (χ4v) is 1.92. The van der Waals surface area contributed by atoms with Gasteiger partial charge in [0.15, 0.2) is 0 Å². The molecule has 0 aromatic heterocycles. The lowest BCUT2D eigenvalue weighted by Crippen LogP contribution is -2.24. The third kappa shape index (κ3) is 1.44. The standard InChI is InChI=1S/C11H8BrNO3/c1-16-5-2-3-6-7(4-5)10(14)8(12)9(13)11(6)15/h2-4H,13H2,1H3. The second kappa shape index (κ2) is 3.75. The summed E-state index contributed by atoms with van der Waals surface area (Å²) >= 11 is 3.02. The summed E-state index contributed by atoms with van der Waals surface area (Å²) in [6, 6.07) is 4.69. The van der Waals surface area contributed by atoms with Gasteiger partial charge in [-0.15, -0.1) is 0 Å². The monoisotopic (exact) mass is 281 g/mol. The lowest BCUT2D eigenvalue weighted by molar-refractivity contribution is 0.0980. The predicted molar refractivity (Wildman–Crippen MR) is 61.8 cm³/mol. The molecule has 0 spiro atoms. The minimum absolute atomic E-state index is 0.0531. The molecule has 0 unspecified atom stereocenters. The summed E-state index contributed by atoms with van der Waals surface area (Å²) in [5.41, 5.74) is 6.10. The Bertz CT molecular complexity index is 534. The summed E-state index contributed by atoms with van der Waals surface area (Å²) in [6.45, 7) is 0. The van der Waals surface area contributed by atoms with Crippen molar-refractivity contribution >= 4 is 27.5 Å². The van der Waals surface area contributed by atoms with Crippen molar-refractivity contribution in [3.05, 3.63) is 39.5 Å². The van der Waals surface area contributed by atoms with Crippen LogP contribution in [-0.2, 0) is 0 Å². The summed E-state index contributed by atoms with van der Waals surface area (Å²) < 4.78 is 5.11. The van der Waals surface area contributed by atoms with Crippen molar-refractivity contribution in [2.45, 2.75) is 0 Å². The second-order valence-corrected chi connectivity index (χ2v) is 4.09. The van der Waals surface area contributed by atoms with Crippen LogP contribution in [-0.4, -0.2) is 18.7 Å². The van der Waals surface area contributed by atoms with Crippen LogP contribution in [0.4, 0.5) is 0 Å². The third-order valence-corrected chi connectivity index (χ3v) is 3.18. The number of carbonyl (C=O) groups is 2. The van der Waals surface area contributed by atoms with E-state index >= 15 is 0 Å². The smallest absolute Gasteiger partial charge is 0.210 e. The van der Waals surface area contributed by atoms with Crippen LogP contribution in [0.15, 0.2) is 28.4 Å². The number of hydrogen-bond donors (Lipinski definition) is 1. The Labute approximate surface area is 100 Å². The highest BCUT2D eigenvalue weighted by Gasteiger charge is 2.29. The quantitative estimate of drug-likeness (QED) is 0.850. The van der Waals surface area contributed by atoms with Gasteiger partial charge >= 0.3 is 0 Å². The van der Waals surface area contributed by atoms with Crippen molar-refractivity contribution in [2.24, 2.45) is 5.73 Å². The van der Waals surface area contributed by atoms with Gasteiger partial charge in [0.25, 0.3) is 0 Å². The first kappa shape index (κ1) is 10.9. The minimum Gasteiger partial charge on any atom is -0.497 e. The number of halogens is 1. The molecule has 0 atom stereocenters. The number of hydrogen-bond acceptors (Lipinski definition) is 4. The Morgan fingerprint density at radius 2 is 1.88 bits per heavy atom. The number of rotatable bonds is 1. The number of Topliss-reactive ketones (excluding diaryl/α,β-unsaturated/α-hetero) is 2. The predicted octanol–water partition coefficient (Wildman–Crippen LogP) is 1.64. The van der Waals surface area contributed by atoms with Crippen LogP contribution in [0.5, 0.6) is 5.75 Å². The topological polar surface area (TPSA) is 69.4 Å². The van der Waals surface area contributed by atoms with Crippen molar-refractivity contribution in [1.82, 2.24) is 0 Å². The Balaban J connectivity index is 2.67. The van der Waals surface area contributed by atoms with E-state index in [0.29, 0.717) is 16.9 Å². The van der Waals surface area contributed by atoms with E-state index in [-0.39, 0.29) is 21.7 Å². The molecule has 0 amide bonds. The van der Waals surface area contributed by atoms with E-state index < -0.39 is 0 Å². The SMILES string of the molecule is COc1ccc2c(c1)C(=O)C(Br)=C(N)C2=O. The summed E-state index contributed by atoms with van der Waals surface area (Å²) in [4.78, 5) is 23.6. The molecule has 1 aromatic carbocycles. The summed E-state index contributed by atoms with van der Waals surface area (Å²) in [6.07, 6.45) is 0. The van der Waals surface area contributed by atoms with Gasteiger partial charge in [-0.05, 0) is 34.1 Å². The molecule has 0 aliphatic heterocycles. The van der Waals surface area contributed by atoms with Gasteiger partial charge in [0, 0.05) is 11.1 Å². The van der Waals surface area contributed by atoms with Crippen molar-refractivity contribution in [1.29, 1.82) is 0 Å². The number of fused-ring (bicyclic) bond motifs is 1. The summed E-state index contributed by atoms with van der Waals surface area (Å²) in [5, 5.41) is 0. The van der Waals surface area contributed by atoms with Gasteiger partial charge in [-0.2, -0.15) is 0 Å².